The van der Waals surface area contributed by atoms with Crippen molar-refractivity contribution in [3.63, 3.8) is 0 Å². The Morgan fingerprint density at radius 3 is 2.02 bits per heavy atom. The van der Waals surface area contributed by atoms with Gasteiger partial charge in [-0.15, -0.1) is 0 Å². The molecule has 0 saturated heterocycles. The monoisotopic (exact) mass is 588 g/mol. The number of hydrazine groups is 1. The van der Waals surface area contributed by atoms with Crippen molar-refractivity contribution in [3.8, 4) is 11.1 Å². The molecule has 1 aliphatic carbocycles. The minimum absolute atomic E-state index is 0.0306. The minimum Gasteiger partial charge on any atom is -0.374 e. The number of rotatable bonds is 5. The van der Waals surface area contributed by atoms with Gasteiger partial charge < -0.3 is 10.2 Å². The maximum absolute atomic E-state index is 4.60. The molecule has 45 heavy (non-hydrogen) atoms. The largest absolute Gasteiger partial charge is 0.374 e. The van der Waals surface area contributed by atoms with Gasteiger partial charge in [-0.2, -0.15) is 0 Å². The van der Waals surface area contributed by atoms with Gasteiger partial charge in [-0.25, -0.2) is 0 Å². The highest BCUT2D eigenvalue weighted by atomic mass is 15.2. The SMILES string of the molecule is C=C1/C=C\C=C/N(c2ccc(C(Nc3ccccc3)c3ccccc3)cc2)c2cc3c(cc21)-c1ccccc1C3(C)C.CNN. The molecule has 0 amide bonds. The van der Waals surface area contributed by atoms with E-state index in [1.165, 1.54) is 33.4 Å². The lowest BCUT2D eigenvalue weighted by Crippen LogP contribution is -2.17. The third kappa shape index (κ3) is 5.86. The van der Waals surface area contributed by atoms with Gasteiger partial charge in [0.1, 0.15) is 0 Å². The average Bonchev–Trinajstić information content (AvgIpc) is 3.29. The van der Waals surface area contributed by atoms with Crippen LogP contribution in [0.3, 0.4) is 0 Å². The maximum atomic E-state index is 4.60. The fraction of sp³-hybridized carbons (Fsp3) is 0.122. The number of nitrogens with one attached hydrogen (secondary N) is 2. The van der Waals surface area contributed by atoms with Crippen molar-refractivity contribution in [1.82, 2.24) is 5.43 Å². The first-order valence-corrected chi connectivity index (χ1v) is 15.4. The Morgan fingerprint density at radius 2 is 1.31 bits per heavy atom. The smallest absolute Gasteiger partial charge is 0.0767 e. The van der Waals surface area contributed by atoms with Crippen molar-refractivity contribution in [2.24, 2.45) is 5.84 Å². The number of benzene rings is 5. The van der Waals surface area contributed by atoms with E-state index in [4.69, 9.17) is 0 Å². The Morgan fingerprint density at radius 1 is 0.689 bits per heavy atom. The van der Waals surface area contributed by atoms with Crippen LogP contribution in [0.2, 0.25) is 0 Å². The van der Waals surface area contributed by atoms with Crippen molar-refractivity contribution >= 4 is 22.6 Å². The summed E-state index contributed by atoms with van der Waals surface area (Å²) in [5, 5.41) is 3.75. The standard InChI is InChI=1S/C40H34N2.CH6N2/c1-28-14-12-13-25-42(38-27-37-35(26-34(28)38)33-19-10-11-20-36(33)40(37,2)3)32-23-21-30(22-24-32)39(29-15-6-4-7-16-29)41-31-17-8-5-9-18-31;1-3-2/h4-27,39,41H,1H2,2-3H3;3H,2H2,1H3/b14-12-,25-13-;. The molecular formula is C41H40N4. The van der Waals surface area contributed by atoms with Crippen LogP contribution in [0.15, 0.2) is 152 Å². The average molecular weight is 589 g/mol. The third-order valence-electron chi connectivity index (χ3n) is 8.67. The van der Waals surface area contributed by atoms with Crippen LogP contribution < -0.4 is 21.5 Å². The van der Waals surface area contributed by atoms with Crippen LogP contribution in [0.5, 0.6) is 0 Å². The Balaban J connectivity index is 0.00000115. The zero-order valence-corrected chi connectivity index (χ0v) is 26.2. The highest BCUT2D eigenvalue weighted by molar-refractivity contribution is 5.92. The van der Waals surface area contributed by atoms with E-state index < -0.39 is 0 Å². The molecule has 0 spiro atoms. The zero-order chi connectivity index (χ0) is 31.4. The summed E-state index contributed by atoms with van der Waals surface area (Å²) < 4.78 is 0. The van der Waals surface area contributed by atoms with Gasteiger partial charge in [-0.05, 0) is 88.5 Å². The molecule has 0 bridgehead atoms. The Hall–Kier alpha value is -5.16. The summed E-state index contributed by atoms with van der Waals surface area (Å²) in [6.07, 6.45) is 8.44. The highest BCUT2D eigenvalue weighted by Gasteiger charge is 2.36. The summed E-state index contributed by atoms with van der Waals surface area (Å²) in [5.74, 6) is 4.60. The molecule has 0 radical (unpaired) electrons. The van der Waals surface area contributed by atoms with E-state index in [9.17, 15) is 0 Å². The molecule has 5 aromatic rings. The lowest BCUT2D eigenvalue weighted by molar-refractivity contribution is 0.660. The van der Waals surface area contributed by atoms with Gasteiger partial charge >= 0.3 is 0 Å². The maximum Gasteiger partial charge on any atom is 0.0767 e. The van der Waals surface area contributed by atoms with Crippen LogP contribution in [-0.2, 0) is 5.41 Å². The lowest BCUT2D eigenvalue weighted by atomic mass is 9.81. The Bertz CT molecular complexity index is 1850. The predicted molar refractivity (Wildman–Crippen MR) is 191 cm³/mol. The topological polar surface area (TPSA) is 53.3 Å². The molecule has 0 saturated carbocycles. The molecule has 2 aliphatic rings. The van der Waals surface area contributed by atoms with E-state index in [1.54, 1.807) is 7.05 Å². The van der Waals surface area contributed by atoms with E-state index in [0.717, 1.165) is 28.2 Å². The van der Waals surface area contributed by atoms with Gasteiger partial charge in [0, 0.05) is 28.6 Å². The molecule has 1 aliphatic heterocycles. The second-order valence-electron chi connectivity index (χ2n) is 11.9. The quantitative estimate of drug-likeness (QED) is 0.141. The molecule has 1 atom stereocenters. The van der Waals surface area contributed by atoms with Gasteiger partial charge in [0.25, 0.3) is 0 Å². The van der Waals surface area contributed by atoms with Crippen LogP contribution in [0, 0.1) is 0 Å². The van der Waals surface area contributed by atoms with E-state index >= 15 is 0 Å². The molecule has 4 nitrogen and oxygen atoms in total. The summed E-state index contributed by atoms with van der Waals surface area (Å²) in [6.45, 7) is 9.13. The summed E-state index contributed by atoms with van der Waals surface area (Å²) in [5.41, 5.74) is 15.5. The number of anilines is 3. The van der Waals surface area contributed by atoms with Crippen LogP contribution in [0.1, 0.15) is 47.7 Å². The number of fused-ring (bicyclic) bond motifs is 4. The summed E-state index contributed by atoms with van der Waals surface area (Å²) >= 11 is 0. The molecule has 0 aromatic heterocycles. The fourth-order valence-electron chi connectivity index (χ4n) is 6.43. The van der Waals surface area contributed by atoms with Crippen molar-refractivity contribution in [2.75, 3.05) is 17.3 Å². The normalized spacial score (nSPS) is 16.1. The predicted octanol–water partition coefficient (Wildman–Crippen LogP) is 9.51. The van der Waals surface area contributed by atoms with Crippen molar-refractivity contribution < 1.29 is 0 Å². The molecule has 1 unspecified atom stereocenters. The third-order valence-corrected chi connectivity index (χ3v) is 8.67. The first kappa shape index (κ1) is 29.9. The van der Waals surface area contributed by atoms with Crippen LogP contribution in [-0.4, -0.2) is 7.05 Å². The number of hydrogen-bond donors (Lipinski definition) is 3. The molecule has 1 heterocycles. The van der Waals surface area contributed by atoms with Gasteiger partial charge in [0.15, 0.2) is 0 Å². The lowest BCUT2D eigenvalue weighted by Gasteiger charge is -2.29. The van der Waals surface area contributed by atoms with Crippen molar-refractivity contribution in [2.45, 2.75) is 25.3 Å². The number of allylic oxidation sites excluding steroid dienone is 4. The van der Waals surface area contributed by atoms with Crippen molar-refractivity contribution in [1.29, 1.82) is 0 Å². The highest BCUT2D eigenvalue weighted by Crippen LogP contribution is 2.52. The molecule has 5 aromatic carbocycles. The van der Waals surface area contributed by atoms with Gasteiger partial charge in [0.2, 0.25) is 0 Å². The molecule has 4 heteroatoms. The second-order valence-corrected chi connectivity index (χ2v) is 11.9. The second kappa shape index (κ2) is 12.8. The van der Waals surface area contributed by atoms with Gasteiger partial charge in [-0.3, -0.25) is 11.3 Å². The first-order chi connectivity index (χ1) is 21.9. The Labute approximate surface area is 267 Å². The number of nitrogens with two attached hydrogens (primary N) is 1. The molecule has 7 rings (SSSR count). The first-order valence-electron chi connectivity index (χ1n) is 15.4. The van der Waals surface area contributed by atoms with Gasteiger partial charge in [0.05, 0.1) is 11.7 Å². The fourth-order valence-corrected chi connectivity index (χ4v) is 6.43. The van der Waals surface area contributed by atoms with Crippen LogP contribution >= 0.6 is 0 Å². The number of para-hydroxylation sites is 1. The van der Waals surface area contributed by atoms with Gasteiger partial charge in [-0.1, -0.05) is 118 Å². The van der Waals surface area contributed by atoms with Crippen LogP contribution in [0.25, 0.3) is 16.7 Å². The van der Waals surface area contributed by atoms with Crippen LogP contribution in [0.4, 0.5) is 17.1 Å². The zero-order valence-electron chi connectivity index (χ0n) is 26.2. The van der Waals surface area contributed by atoms with E-state index in [0.29, 0.717) is 0 Å². The van der Waals surface area contributed by atoms with E-state index in [2.05, 4.69) is 182 Å². The molecule has 0 fully saturated rings. The number of nitrogens with zero attached hydrogens (tertiary/aromatic N) is 1. The summed E-state index contributed by atoms with van der Waals surface area (Å²) in [4.78, 5) is 2.30. The summed E-state index contributed by atoms with van der Waals surface area (Å²) in [6, 6.07) is 43.6. The van der Waals surface area contributed by atoms with E-state index in [1.807, 2.05) is 6.07 Å². The molecular weight excluding hydrogens is 548 g/mol. The van der Waals surface area contributed by atoms with Crippen molar-refractivity contribution in [3.05, 3.63) is 180 Å². The minimum atomic E-state index is -0.0776. The number of hydrogen-bond acceptors (Lipinski definition) is 4. The Kier molecular flexibility index (Phi) is 8.52. The molecule has 4 N–H and O–H groups in total. The molecule has 224 valence electrons. The summed E-state index contributed by atoms with van der Waals surface area (Å²) in [7, 11) is 1.65. The van der Waals surface area contributed by atoms with E-state index in [-0.39, 0.29) is 11.5 Å².